The highest BCUT2D eigenvalue weighted by atomic mass is 16.6. The zero-order chi connectivity index (χ0) is 51.1. The number of hydrogen-bond donors (Lipinski definition) is 4. The Kier molecular flexibility index (Phi) is 12.5. The highest BCUT2D eigenvalue weighted by molar-refractivity contribution is 6.02. The van der Waals surface area contributed by atoms with E-state index in [1.165, 1.54) is 109 Å². The molecule has 3 aromatic rings. The second kappa shape index (κ2) is 18.0. The minimum absolute atomic E-state index is 0.0410. The van der Waals surface area contributed by atoms with Crippen LogP contribution in [0.5, 0.6) is 0 Å². The second-order valence-corrected chi connectivity index (χ2v) is 28.1. The summed E-state index contributed by atoms with van der Waals surface area (Å²) in [5.41, 5.74) is 8.79. The van der Waals surface area contributed by atoms with Crippen LogP contribution in [0.4, 0.5) is 0 Å². The third-order valence-electron chi connectivity index (χ3n) is 23.5. The summed E-state index contributed by atoms with van der Waals surface area (Å²) in [4.78, 5) is 33.6. The zero-order valence-corrected chi connectivity index (χ0v) is 46.2. The number of fused-ring (bicyclic) bond motifs is 4. The Morgan fingerprint density at radius 2 is 1.59 bits per heavy atom. The van der Waals surface area contributed by atoms with Gasteiger partial charge in [0.1, 0.15) is 11.9 Å². The van der Waals surface area contributed by atoms with Gasteiger partial charge in [-0.2, -0.15) is 0 Å². The Balaban J connectivity index is 0.978. The molecule has 2 aromatic heterocycles. The lowest BCUT2D eigenvalue weighted by molar-refractivity contribution is -0.222. The number of rotatable bonds is 10. The molecule has 0 unspecified atom stereocenters. The number of carbonyl (C=O) groups excluding carboxylic acids is 2. The monoisotopic (exact) mass is 998 g/mol. The van der Waals surface area contributed by atoms with Crippen molar-refractivity contribution in [2.24, 2.45) is 44.8 Å². The first kappa shape index (κ1) is 50.7. The standard InChI is InChI=1S/C64H91N3O6/c1-58(2)57(73-58)48(69)34-59(3)23-17-42-36-66-53-45(31-39-29-43(40-15-11-9-12-16-40)32-44(30-39)41-20-28-72-64(33-41)21-13-10-14-22-64)37-67(54(42)53)38-46-51-52(59)47(68)35-63(51,7)62(6)25-18-49-60(4,26-27-65-8)50(70)19-24-61(49,5)56(62)55(46)71/h29-30,32,36-37,40-41,46,48-49,55-57,65-66,69,71H,9-28,31,33-35,38H2,1-8H3/t41-,46+,48+,49-,55+,56+,57+,59-,60-,61+,62-,63-/m0/s1. The van der Waals surface area contributed by atoms with Gasteiger partial charge in [-0.3, -0.25) is 9.59 Å². The normalized spacial score (nSPS) is 39.6. The number of nitrogens with one attached hydrogen (secondary N) is 2. The van der Waals surface area contributed by atoms with E-state index in [0.717, 1.165) is 70.1 Å². The van der Waals surface area contributed by atoms with Crippen molar-refractivity contribution in [1.29, 1.82) is 0 Å². The van der Waals surface area contributed by atoms with Crippen LogP contribution in [-0.4, -0.2) is 81.0 Å². The molecular formula is C64H91N3O6. The molecule has 1 spiro atoms. The van der Waals surface area contributed by atoms with Gasteiger partial charge in [0.2, 0.25) is 0 Å². The van der Waals surface area contributed by atoms with Crippen molar-refractivity contribution >= 4 is 22.6 Å². The molecule has 0 radical (unpaired) electrons. The summed E-state index contributed by atoms with van der Waals surface area (Å²) in [7, 11) is 1.98. The number of benzene rings is 1. The lowest BCUT2D eigenvalue weighted by Crippen LogP contribution is -2.68. The number of hydrogen-bond acceptors (Lipinski definition) is 7. The minimum Gasteiger partial charge on any atom is -0.392 e. The van der Waals surface area contributed by atoms with Crippen LogP contribution in [-0.2, 0) is 38.4 Å². The third-order valence-corrected chi connectivity index (χ3v) is 23.5. The van der Waals surface area contributed by atoms with Crippen molar-refractivity contribution in [3.8, 4) is 0 Å². The van der Waals surface area contributed by atoms with E-state index in [1.807, 2.05) is 7.05 Å². The predicted molar refractivity (Wildman–Crippen MR) is 289 cm³/mol. The molecule has 0 amide bonds. The smallest absolute Gasteiger partial charge is 0.160 e. The van der Waals surface area contributed by atoms with Crippen molar-refractivity contribution in [2.45, 2.75) is 238 Å². The topological polar surface area (TPSA) is 129 Å². The summed E-state index contributed by atoms with van der Waals surface area (Å²) < 4.78 is 15.3. The van der Waals surface area contributed by atoms with Crippen LogP contribution in [0.25, 0.3) is 11.0 Å². The maximum atomic E-state index is 15.5. The van der Waals surface area contributed by atoms with E-state index in [4.69, 9.17) is 9.47 Å². The first-order chi connectivity index (χ1) is 34.8. The van der Waals surface area contributed by atoms with Gasteiger partial charge in [-0.15, -0.1) is 0 Å². The largest absolute Gasteiger partial charge is 0.392 e. The number of aryl methyl sites for hydroxylation is 1. The van der Waals surface area contributed by atoms with Crippen LogP contribution in [0.2, 0.25) is 0 Å². The van der Waals surface area contributed by atoms with Crippen molar-refractivity contribution in [2.75, 3.05) is 20.2 Å². The van der Waals surface area contributed by atoms with Crippen LogP contribution < -0.4 is 5.32 Å². The SMILES string of the molecule is CNCC[C@]1(C)C(=O)CC[C@@]2(C)[C@H]3[C@H](O)[C@@H]4Cn5cc(Cc6cc(C7CCCCC7)cc([C@H]7CCOC8(CCCCC8)C7)c6)c6[nH]cc(c65)CC[C@@](C)(C[C@@H](O)[C@H]5OC5(C)C)C5=C4[C@](C)(CC5=O)[C@@]3(C)CC[C@H]21. The Hall–Kier alpha value is -3.08. The molecule has 398 valence electrons. The van der Waals surface area contributed by atoms with Crippen LogP contribution in [0.1, 0.15) is 217 Å². The number of carbonyl (C=O) groups is 2. The Morgan fingerprint density at radius 1 is 0.863 bits per heavy atom. The van der Waals surface area contributed by atoms with Gasteiger partial charge in [-0.05, 0) is 184 Å². The molecule has 4 N–H and O–H groups in total. The van der Waals surface area contributed by atoms with Crippen molar-refractivity contribution in [3.05, 3.63) is 69.6 Å². The summed E-state index contributed by atoms with van der Waals surface area (Å²) in [6, 6.07) is 7.75. The predicted octanol–water partition coefficient (Wildman–Crippen LogP) is 12.4. The molecule has 73 heavy (non-hydrogen) atoms. The van der Waals surface area contributed by atoms with Crippen molar-refractivity contribution in [1.82, 2.24) is 14.9 Å². The molecule has 5 heterocycles. The van der Waals surface area contributed by atoms with Gasteiger partial charge in [-0.25, -0.2) is 0 Å². The summed E-state index contributed by atoms with van der Waals surface area (Å²) in [6.45, 7) is 18.1. The van der Waals surface area contributed by atoms with Crippen LogP contribution in [0.3, 0.4) is 0 Å². The number of aliphatic hydroxyl groups is 2. The van der Waals surface area contributed by atoms with Gasteiger partial charge in [0, 0.05) is 67.1 Å². The first-order valence-electron chi connectivity index (χ1n) is 29.7. The fourth-order valence-electron chi connectivity index (χ4n) is 19.5. The van der Waals surface area contributed by atoms with E-state index in [-0.39, 0.29) is 46.1 Å². The Morgan fingerprint density at radius 3 is 2.32 bits per heavy atom. The lowest BCUT2D eigenvalue weighted by atomic mass is 9.34. The van der Waals surface area contributed by atoms with Crippen LogP contribution in [0, 0.1) is 44.8 Å². The Bertz CT molecular complexity index is 2680. The van der Waals surface area contributed by atoms with E-state index in [1.54, 1.807) is 0 Å². The fraction of sp³-hybridized carbons (Fsp3) is 0.750. The number of H-pyrrole nitrogens is 1. The van der Waals surface area contributed by atoms with Gasteiger partial charge < -0.3 is 34.6 Å². The van der Waals surface area contributed by atoms with Crippen molar-refractivity contribution in [3.63, 3.8) is 0 Å². The van der Waals surface area contributed by atoms with Gasteiger partial charge in [0.05, 0.1) is 34.4 Å². The summed E-state index contributed by atoms with van der Waals surface area (Å²) >= 11 is 0. The number of ketones is 2. The highest BCUT2D eigenvalue weighted by Crippen LogP contribution is 2.76. The van der Waals surface area contributed by atoms with Gasteiger partial charge in [0.25, 0.3) is 0 Å². The number of Topliss-reactive ketones (excluding diaryl/α,β-unsaturated/α-hetero) is 2. The summed E-state index contributed by atoms with van der Waals surface area (Å²) in [5, 5.41) is 29.4. The molecule has 0 bridgehead atoms. The second-order valence-electron chi connectivity index (χ2n) is 28.1. The zero-order valence-electron chi connectivity index (χ0n) is 46.2. The average molecular weight is 998 g/mol. The third kappa shape index (κ3) is 7.96. The number of aliphatic hydroxyl groups excluding tert-OH is 2. The maximum Gasteiger partial charge on any atom is 0.160 e. The summed E-state index contributed by atoms with van der Waals surface area (Å²) in [6.07, 6.45) is 25.0. The molecule has 7 fully saturated rings. The van der Waals surface area contributed by atoms with Gasteiger partial charge in [0.15, 0.2) is 5.78 Å². The van der Waals surface area contributed by atoms with E-state index < -0.39 is 34.1 Å². The molecule has 9 heteroatoms. The van der Waals surface area contributed by atoms with E-state index >= 15 is 4.79 Å². The first-order valence-corrected chi connectivity index (χ1v) is 29.7. The minimum atomic E-state index is -0.729. The van der Waals surface area contributed by atoms with Crippen LogP contribution in [0.15, 0.2) is 41.7 Å². The summed E-state index contributed by atoms with van der Waals surface area (Å²) in [5.74, 6) is 1.41. The molecule has 5 saturated carbocycles. The molecule has 6 aliphatic carbocycles. The van der Waals surface area contributed by atoms with E-state index in [9.17, 15) is 15.0 Å². The number of allylic oxidation sites excluding steroid dienone is 1. The maximum absolute atomic E-state index is 15.5. The highest BCUT2D eigenvalue weighted by Gasteiger charge is 2.73. The number of epoxide rings is 1. The van der Waals surface area contributed by atoms with E-state index in [2.05, 4.69) is 93.9 Å². The van der Waals surface area contributed by atoms with Crippen molar-refractivity contribution < 1.29 is 29.3 Å². The van der Waals surface area contributed by atoms with Gasteiger partial charge in [-0.1, -0.05) is 91.3 Å². The number of aromatic nitrogens is 2. The number of ether oxygens (including phenoxy) is 2. The lowest BCUT2D eigenvalue weighted by Gasteiger charge is -2.70. The number of aromatic amines is 1. The molecule has 2 saturated heterocycles. The molecule has 9 aliphatic rings. The fourth-order valence-corrected chi connectivity index (χ4v) is 19.5. The Labute approximate surface area is 437 Å². The molecule has 12 atom stereocenters. The van der Waals surface area contributed by atoms with Gasteiger partial charge >= 0.3 is 0 Å². The molecule has 3 aliphatic heterocycles. The molecule has 9 nitrogen and oxygen atoms in total. The van der Waals surface area contributed by atoms with Crippen LogP contribution >= 0.6 is 0 Å². The average Bonchev–Trinajstić information content (AvgIpc) is 3.59. The quantitative estimate of drug-likeness (QED) is 0.149. The molecule has 12 rings (SSSR count). The number of nitrogens with zero attached hydrogens (tertiary/aromatic N) is 1. The molecule has 1 aromatic carbocycles. The molecular weight excluding hydrogens is 907 g/mol. The van der Waals surface area contributed by atoms with E-state index in [0.29, 0.717) is 49.8 Å².